The number of fused-ring (bicyclic) bond motifs is 1. The van der Waals surface area contributed by atoms with Crippen molar-refractivity contribution in [3.05, 3.63) is 46.9 Å². The van der Waals surface area contributed by atoms with Gasteiger partial charge in [0.25, 0.3) is 5.89 Å². The summed E-state index contributed by atoms with van der Waals surface area (Å²) >= 11 is 3.51. The number of hydrogen-bond donors (Lipinski definition) is 0. The minimum Gasteiger partial charge on any atom is -0.334 e. The van der Waals surface area contributed by atoms with Gasteiger partial charge in [0, 0.05) is 16.6 Å². The molecule has 132 valence electrons. The molecular weight excluding hydrogens is 396 g/mol. The Kier molecular flexibility index (Phi) is 4.52. The van der Waals surface area contributed by atoms with E-state index >= 15 is 0 Å². The molecule has 0 fully saturated rings. The molecular formula is C18H17BrN6O. The first kappa shape index (κ1) is 16.9. The first-order chi connectivity index (χ1) is 12.6. The van der Waals surface area contributed by atoms with Crippen molar-refractivity contribution in [3.8, 4) is 22.8 Å². The quantitative estimate of drug-likeness (QED) is 0.499. The van der Waals surface area contributed by atoms with Gasteiger partial charge in [-0.1, -0.05) is 22.5 Å². The van der Waals surface area contributed by atoms with Gasteiger partial charge < -0.3 is 9.42 Å². The smallest absolute Gasteiger partial charge is 0.259 e. The van der Waals surface area contributed by atoms with Crippen LogP contribution in [0.5, 0.6) is 0 Å². The lowest BCUT2D eigenvalue weighted by atomic mass is 10.2. The van der Waals surface area contributed by atoms with E-state index in [0.717, 1.165) is 39.7 Å². The number of nitrogens with zero attached hydrogens (tertiary/aromatic N) is 6. The molecule has 4 aromatic rings. The normalized spacial score (nSPS) is 11.5. The summed E-state index contributed by atoms with van der Waals surface area (Å²) in [7, 11) is 4.08. The molecule has 2 heterocycles. The van der Waals surface area contributed by atoms with Gasteiger partial charge in [-0.15, -0.1) is 5.10 Å². The fraction of sp³-hybridized carbons (Fsp3) is 0.222. The number of halogens is 1. The zero-order valence-electron chi connectivity index (χ0n) is 14.4. The lowest BCUT2D eigenvalue weighted by Gasteiger charge is -2.09. The van der Waals surface area contributed by atoms with Gasteiger partial charge in [0.1, 0.15) is 5.52 Å². The van der Waals surface area contributed by atoms with Crippen molar-refractivity contribution in [2.24, 2.45) is 0 Å². The van der Waals surface area contributed by atoms with Gasteiger partial charge in [0.15, 0.2) is 0 Å². The summed E-state index contributed by atoms with van der Waals surface area (Å²) in [6, 6.07) is 13.6. The number of rotatable bonds is 5. The van der Waals surface area contributed by atoms with Gasteiger partial charge in [0.2, 0.25) is 5.82 Å². The third kappa shape index (κ3) is 3.25. The van der Waals surface area contributed by atoms with E-state index in [2.05, 4.69) is 41.3 Å². The molecule has 0 saturated heterocycles. The van der Waals surface area contributed by atoms with Crippen LogP contribution in [-0.4, -0.2) is 50.7 Å². The Labute approximate surface area is 158 Å². The van der Waals surface area contributed by atoms with Crippen LogP contribution in [0.4, 0.5) is 0 Å². The number of hydrogen-bond acceptors (Lipinski definition) is 6. The lowest BCUT2D eigenvalue weighted by molar-refractivity contribution is 0.374. The van der Waals surface area contributed by atoms with E-state index < -0.39 is 0 Å². The molecule has 0 spiro atoms. The average Bonchev–Trinajstić information content (AvgIpc) is 3.27. The predicted octanol–water partition coefficient (Wildman–Crippen LogP) is 3.47. The van der Waals surface area contributed by atoms with Gasteiger partial charge in [-0.2, -0.15) is 4.98 Å². The standard InChI is InChI=1S/C18H17BrN6O/c1-24(2)9-10-25-16-8-7-12(11-15(16)21-23-25)17-20-18(26-22-17)13-5-3-4-6-14(13)19/h3-8,11H,9-10H2,1-2H3. The Morgan fingerprint density at radius 3 is 2.81 bits per heavy atom. The number of aromatic nitrogens is 5. The molecule has 0 aliphatic rings. The molecule has 0 radical (unpaired) electrons. The summed E-state index contributed by atoms with van der Waals surface area (Å²) in [6.45, 7) is 1.69. The molecule has 26 heavy (non-hydrogen) atoms. The first-order valence-electron chi connectivity index (χ1n) is 8.19. The fourth-order valence-electron chi connectivity index (χ4n) is 2.66. The van der Waals surface area contributed by atoms with Crippen molar-refractivity contribution in [2.45, 2.75) is 6.54 Å². The van der Waals surface area contributed by atoms with Crippen LogP contribution in [0.25, 0.3) is 33.9 Å². The van der Waals surface area contributed by atoms with E-state index in [1.54, 1.807) is 0 Å². The molecule has 0 amide bonds. The second kappa shape index (κ2) is 6.97. The van der Waals surface area contributed by atoms with Crippen molar-refractivity contribution >= 4 is 27.0 Å². The molecule has 7 nitrogen and oxygen atoms in total. The Balaban J connectivity index is 1.64. The van der Waals surface area contributed by atoms with Crippen LogP contribution in [0.15, 0.2) is 51.5 Å². The van der Waals surface area contributed by atoms with Crippen LogP contribution in [0.3, 0.4) is 0 Å². The summed E-state index contributed by atoms with van der Waals surface area (Å²) in [5, 5.41) is 12.6. The zero-order chi connectivity index (χ0) is 18.1. The molecule has 0 aliphatic carbocycles. The van der Waals surface area contributed by atoms with Gasteiger partial charge in [-0.25, -0.2) is 4.68 Å². The highest BCUT2D eigenvalue weighted by Gasteiger charge is 2.14. The Bertz CT molecular complexity index is 1050. The van der Waals surface area contributed by atoms with Crippen molar-refractivity contribution in [1.29, 1.82) is 0 Å². The molecule has 4 rings (SSSR count). The second-order valence-corrected chi connectivity index (χ2v) is 7.08. The predicted molar refractivity (Wildman–Crippen MR) is 103 cm³/mol. The largest absolute Gasteiger partial charge is 0.334 e. The van der Waals surface area contributed by atoms with Gasteiger partial charge in [-0.05, 0) is 60.4 Å². The van der Waals surface area contributed by atoms with E-state index in [0.29, 0.717) is 11.7 Å². The summed E-state index contributed by atoms with van der Waals surface area (Å²) in [6.07, 6.45) is 0. The van der Waals surface area contributed by atoms with Gasteiger partial charge in [0.05, 0.1) is 17.6 Å². The number of benzene rings is 2. The molecule has 0 N–H and O–H groups in total. The van der Waals surface area contributed by atoms with Crippen LogP contribution in [0.1, 0.15) is 0 Å². The molecule has 2 aromatic heterocycles. The summed E-state index contributed by atoms with van der Waals surface area (Å²) < 4.78 is 8.25. The van der Waals surface area contributed by atoms with Crippen molar-refractivity contribution < 1.29 is 4.52 Å². The molecule has 0 unspecified atom stereocenters. The topological polar surface area (TPSA) is 72.9 Å². The summed E-state index contributed by atoms with van der Waals surface area (Å²) in [5.41, 5.74) is 3.51. The minimum absolute atomic E-state index is 0.474. The Morgan fingerprint density at radius 1 is 1.15 bits per heavy atom. The lowest BCUT2D eigenvalue weighted by Crippen LogP contribution is -2.18. The minimum atomic E-state index is 0.474. The highest BCUT2D eigenvalue weighted by Crippen LogP contribution is 2.29. The van der Waals surface area contributed by atoms with Crippen LogP contribution < -0.4 is 0 Å². The SMILES string of the molecule is CN(C)CCn1nnc2cc(-c3noc(-c4ccccc4Br)n3)ccc21. The van der Waals surface area contributed by atoms with Crippen molar-refractivity contribution in [1.82, 2.24) is 30.0 Å². The molecule has 0 bridgehead atoms. The van der Waals surface area contributed by atoms with Crippen LogP contribution >= 0.6 is 15.9 Å². The maximum Gasteiger partial charge on any atom is 0.259 e. The molecule has 8 heteroatoms. The third-order valence-corrected chi connectivity index (χ3v) is 4.75. The van der Waals surface area contributed by atoms with Gasteiger partial charge >= 0.3 is 0 Å². The third-order valence-electron chi connectivity index (χ3n) is 4.06. The monoisotopic (exact) mass is 412 g/mol. The van der Waals surface area contributed by atoms with E-state index in [-0.39, 0.29) is 0 Å². The van der Waals surface area contributed by atoms with Gasteiger partial charge in [-0.3, -0.25) is 0 Å². The van der Waals surface area contributed by atoms with Crippen molar-refractivity contribution in [2.75, 3.05) is 20.6 Å². The second-order valence-electron chi connectivity index (χ2n) is 6.22. The molecule has 0 saturated carbocycles. The average molecular weight is 413 g/mol. The summed E-state index contributed by atoms with van der Waals surface area (Å²) in [5.74, 6) is 1.00. The van der Waals surface area contributed by atoms with Crippen LogP contribution in [-0.2, 0) is 6.54 Å². The number of likely N-dealkylation sites (N-methyl/N-ethyl adjacent to an activating group) is 1. The van der Waals surface area contributed by atoms with E-state index in [1.165, 1.54) is 0 Å². The fourth-order valence-corrected chi connectivity index (χ4v) is 3.11. The molecule has 2 aromatic carbocycles. The first-order valence-corrected chi connectivity index (χ1v) is 8.98. The molecule has 0 aliphatic heterocycles. The maximum atomic E-state index is 5.43. The van der Waals surface area contributed by atoms with Crippen LogP contribution in [0, 0.1) is 0 Å². The maximum absolute atomic E-state index is 5.43. The zero-order valence-corrected chi connectivity index (χ0v) is 16.0. The highest BCUT2D eigenvalue weighted by atomic mass is 79.9. The Hall–Kier alpha value is -2.58. The van der Waals surface area contributed by atoms with Crippen molar-refractivity contribution in [3.63, 3.8) is 0 Å². The Morgan fingerprint density at radius 2 is 2.00 bits per heavy atom. The van der Waals surface area contributed by atoms with E-state index in [4.69, 9.17) is 4.52 Å². The summed E-state index contributed by atoms with van der Waals surface area (Å²) in [4.78, 5) is 6.63. The molecule has 0 atom stereocenters. The van der Waals surface area contributed by atoms with E-state index in [1.807, 2.05) is 61.2 Å². The van der Waals surface area contributed by atoms with E-state index in [9.17, 15) is 0 Å². The van der Waals surface area contributed by atoms with Crippen LogP contribution in [0.2, 0.25) is 0 Å². The highest BCUT2D eigenvalue weighted by molar-refractivity contribution is 9.10.